The summed E-state index contributed by atoms with van der Waals surface area (Å²) in [6, 6.07) is 15.7. The van der Waals surface area contributed by atoms with E-state index >= 15 is 0 Å². The fraction of sp³-hybridized carbons (Fsp3) is 0.188. The first kappa shape index (κ1) is 13.1. The van der Waals surface area contributed by atoms with Crippen LogP contribution in [0.3, 0.4) is 0 Å². The minimum atomic E-state index is -0.0439. The van der Waals surface area contributed by atoms with E-state index in [9.17, 15) is 4.79 Å². The van der Waals surface area contributed by atoms with E-state index in [1.165, 1.54) is 0 Å². The molecule has 0 aliphatic heterocycles. The Kier molecular flexibility index (Phi) is 4.18. The monoisotopic (exact) mass is 254 g/mol. The minimum Gasteiger partial charge on any atom is -0.376 e. The quantitative estimate of drug-likeness (QED) is 0.878. The van der Waals surface area contributed by atoms with Crippen LogP contribution in [0.1, 0.15) is 11.1 Å². The second-order valence-electron chi connectivity index (χ2n) is 4.53. The van der Waals surface area contributed by atoms with E-state index in [0.717, 1.165) is 22.5 Å². The topological polar surface area (TPSA) is 41.1 Å². The summed E-state index contributed by atoms with van der Waals surface area (Å²) in [4.78, 5) is 11.9. The Bertz CT molecular complexity index is 578. The molecule has 2 rings (SSSR count). The molecule has 0 radical (unpaired) electrons. The first-order valence-electron chi connectivity index (χ1n) is 6.32. The molecule has 19 heavy (non-hydrogen) atoms. The Morgan fingerprint density at radius 2 is 1.42 bits per heavy atom. The summed E-state index contributed by atoms with van der Waals surface area (Å²) in [7, 11) is 0. The Hall–Kier alpha value is -2.29. The summed E-state index contributed by atoms with van der Waals surface area (Å²) in [5.74, 6) is -0.0439. The molecule has 3 nitrogen and oxygen atoms in total. The Morgan fingerprint density at radius 3 is 2.00 bits per heavy atom. The summed E-state index contributed by atoms with van der Waals surface area (Å²) in [6.45, 7) is 4.26. The molecule has 2 aromatic carbocycles. The number of carbonyl (C=O) groups is 1. The number of carbonyl (C=O) groups excluding carboxylic acids is 1. The van der Waals surface area contributed by atoms with Crippen molar-refractivity contribution in [2.45, 2.75) is 13.8 Å². The van der Waals surface area contributed by atoms with Gasteiger partial charge in [0.25, 0.3) is 0 Å². The lowest BCUT2D eigenvalue weighted by Gasteiger charge is -2.11. The lowest BCUT2D eigenvalue weighted by molar-refractivity contribution is -0.114. The van der Waals surface area contributed by atoms with Crippen molar-refractivity contribution in [1.29, 1.82) is 0 Å². The zero-order valence-electron chi connectivity index (χ0n) is 11.2. The van der Waals surface area contributed by atoms with Crippen molar-refractivity contribution in [2.75, 3.05) is 17.2 Å². The lowest BCUT2D eigenvalue weighted by Crippen LogP contribution is -2.22. The molecule has 0 atom stereocenters. The third-order valence-electron chi connectivity index (χ3n) is 3.00. The van der Waals surface area contributed by atoms with Crippen LogP contribution >= 0.6 is 0 Å². The highest BCUT2D eigenvalue weighted by Crippen LogP contribution is 2.14. The van der Waals surface area contributed by atoms with Crippen LogP contribution in [0.15, 0.2) is 48.5 Å². The van der Waals surface area contributed by atoms with Gasteiger partial charge in [0.05, 0.1) is 6.54 Å². The van der Waals surface area contributed by atoms with Crippen LogP contribution in [0, 0.1) is 13.8 Å². The van der Waals surface area contributed by atoms with E-state index in [4.69, 9.17) is 0 Å². The molecule has 0 spiro atoms. The third-order valence-corrected chi connectivity index (χ3v) is 3.00. The first-order chi connectivity index (χ1) is 9.16. The maximum Gasteiger partial charge on any atom is 0.243 e. The molecule has 0 aromatic heterocycles. The van der Waals surface area contributed by atoms with Crippen LogP contribution in [-0.2, 0) is 4.79 Å². The molecule has 0 saturated heterocycles. The smallest absolute Gasteiger partial charge is 0.243 e. The number of rotatable bonds is 4. The van der Waals surface area contributed by atoms with Crippen LogP contribution in [-0.4, -0.2) is 12.5 Å². The number of amides is 1. The van der Waals surface area contributed by atoms with E-state index < -0.39 is 0 Å². The number of para-hydroxylation sites is 2. The van der Waals surface area contributed by atoms with Crippen LogP contribution in [0.2, 0.25) is 0 Å². The first-order valence-corrected chi connectivity index (χ1v) is 6.32. The molecular weight excluding hydrogens is 236 g/mol. The van der Waals surface area contributed by atoms with Gasteiger partial charge in [0, 0.05) is 11.4 Å². The van der Waals surface area contributed by atoms with Gasteiger partial charge in [-0.1, -0.05) is 36.4 Å². The number of benzene rings is 2. The van der Waals surface area contributed by atoms with Gasteiger partial charge in [-0.3, -0.25) is 4.79 Å². The SMILES string of the molecule is Cc1ccccc1NCC(=O)Nc1ccccc1C. The van der Waals surface area contributed by atoms with Gasteiger partial charge < -0.3 is 10.6 Å². The minimum absolute atomic E-state index is 0.0439. The molecule has 0 aliphatic carbocycles. The fourth-order valence-electron chi connectivity index (χ4n) is 1.85. The Morgan fingerprint density at radius 1 is 0.895 bits per heavy atom. The summed E-state index contributed by atoms with van der Waals surface area (Å²) >= 11 is 0. The molecule has 0 heterocycles. The molecule has 2 N–H and O–H groups in total. The standard InChI is InChI=1S/C16H18N2O/c1-12-7-3-5-9-14(12)17-11-16(19)18-15-10-6-4-8-13(15)2/h3-10,17H,11H2,1-2H3,(H,18,19). The van der Waals surface area contributed by atoms with Crippen molar-refractivity contribution in [3.8, 4) is 0 Å². The number of hydrogen-bond donors (Lipinski definition) is 2. The van der Waals surface area contributed by atoms with Gasteiger partial charge in [-0.2, -0.15) is 0 Å². The number of anilines is 2. The maximum atomic E-state index is 11.9. The highest BCUT2D eigenvalue weighted by molar-refractivity contribution is 5.94. The van der Waals surface area contributed by atoms with Crippen LogP contribution in [0.5, 0.6) is 0 Å². The van der Waals surface area contributed by atoms with E-state index in [1.54, 1.807) is 0 Å². The molecule has 0 aliphatic rings. The second-order valence-corrected chi connectivity index (χ2v) is 4.53. The predicted molar refractivity (Wildman–Crippen MR) is 79.5 cm³/mol. The van der Waals surface area contributed by atoms with Gasteiger partial charge in [0.2, 0.25) is 5.91 Å². The molecule has 3 heteroatoms. The van der Waals surface area contributed by atoms with Crippen molar-refractivity contribution in [3.63, 3.8) is 0 Å². The molecule has 0 unspecified atom stereocenters. The zero-order valence-corrected chi connectivity index (χ0v) is 11.2. The summed E-state index contributed by atoms with van der Waals surface area (Å²) in [6.07, 6.45) is 0. The van der Waals surface area contributed by atoms with Crippen molar-refractivity contribution in [1.82, 2.24) is 0 Å². The molecule has 2 aromatic rings. The molecule has 1 amide bonds. The predicted octanol–water partition coefficient (Wildman–Crippen LogP) is 3.35. The van der Waals surface area contributed by atoms with Gasteiger partial charge in [-0.25, -0.2) is 0 Å². The van der Waals surface area contributed by atoms with E-state index in [-0.39, 0.29) is 12.5 Å². The number of aryl methyl sites for hydroxylation is 2. The third kappa shape index (κ3) is 3.58. The van der Waals surface area contributed by atoms with Crippen molar-refractivity contribution >= 4 is 17.3 Å². The Labute approximate surface area is 113 Å². The van der Waals surface area contributed by atoms with Crippen molar-refractivity contribution < 1.29 is 4.79 Å². The number of hydrogen-bond acceptors (Lipinski definition) is 2. The molecule has 0 bridgehead atoms. The summed E-state index contributed by atoms with van der Waals surface area (Å²) in [5, 5.41) is 6.04. The van der Waals surface area contributed by atoms with Gasteiger partial charge >= 0.3 is 0 Å². The highest BCUT2D eigenvalue weighted by atomic mass is 16.1. The second kappa shape index (κ2) is 6.05. The van der Waals surface area contributed by atoms with Gasteiger partial charge in [-0.05, 0) is 37.1 Å². The molecule has 98 valence electrons. The average molecular weight is 254 g/mol. The van der Waals surface area contributed by atoms with Crippen LogP contribution in [0.25, 0.3) is 0 Å². The molecule has 0 saturated carbocycles. The van der Waals surface area contributed by atoms with Crippen molar-refractivity contribution in [2.24, 2.45) is 0 Å². The highest BCUT2D eigenvalue weighted by Gasteiger charge is 2.04. The zero-order chi connectivity index (χ0) is 13.7. The average Bonchev–Trinajstić information content (AvgIpc) is 2.40. The van der Waals surface area contributed by atoms with Crippen LogP contribution in [0.4, 0.5) is 11.4 Å². The molecular formula is C16H18N2O. The molecule has 0 fully saturated rings. The lowest BCUT2D eigenvalue weighted by atomic mass is 10.2. The summed E-state index contributed by atoms with van der Waals surface area (Å²) < 4.78 is 0. The largest absolute Gasteiger partial charge is 0.376 e. The maximum absolute atomic E-state index is 11.9. The van der Waals surface area contributed by atoms with E-state index in [1.807, 2.05) is 62.4 Å². The fourth-order valence-corrected chi connectivity index (χ4v) is 1.85. The Balaban J connectivity index is 1.92. The van der Waals surface area contributed by atoms with Crippen molar-refractivity contribution in [3.05, 3.63) is 59.7 Å². The van der Waals surface area contributed by atoms with E-state index in [2.05, 4.69) is 10.6 Å². The van der Waals surface area contributed by atoms with Gasteiger partial charge in [0.15, 0.2) is 0 Å². The van der Waals surface area contributed by atoms with Crippen LogP contribution < -0.4 is 10.6 Å². The van der Waals surface area contributed by atoms with Gasteiger partial charge in [0.1, 0.15) is 0 Å². The number of nitrogens with one attached hydrogen (secondary N) is 2. The summed E-state index contributed by atoms with van der Waals surface area (Å²) in [5.41, 5.74) is 4.04. The van der Waals surface area contributed by atoms with E-state index in [0.29, 0.717) is 0 Å². The van der Waals surface area contributed by atoms with Gasteiger partial charge in [-0.15, -0.1) is 0 Å². The normalized spacial score (nSPS) is 10.0.